The average Bonchev–Trinajstić information content (AvgIpc) is 2.05. The Bertz CT molecular complexity index is 117. The lowest BCUT2D eigenvalue weighted by Gasteiger charge is -2.29. The highest BCUT2D eigenvalue weighted by Gasteiger charge is 2.20. The van der Waals surface area contributed by atoms with Gasteiger partial charge in [0.15, 0.2) is 0 Å². The van der Waals surface area contributed by atoms with E-state index in [1.807, 2.05) is 0 Å². The van der Waals surface area contributed by atoms with Crippen LogP contribution in [-0.2, 0) is 0 Å². The first-order chi connectivity index (χ1) is 5.70. The zero-order chi connectivity index (χ0) is 8.97. The van der Waals surface area contributed by atoms with Crippen LogP contribution in [0.25, 0.3) is 0 Å². The first-order valence-electron chi connectivity index (χ1n) is 5.16. The number of hydrogen-bond acceptors (Lipinski definition) is 2. The van der Waals surface area contributed by atoms with Crippen LogP contribution < -0.4 is 11.1 Å². The van der Waals surface area contributed by atoms with Crippen LogP contribution in [0.15, 0.2) is 0 Å². The summed E-state index contributed by atoms with van der Waals surface area (Å²) < 4.78 is 0. The first-order valence-corrected chi connectivity index (χ1v) is 5.16. The van der Waals surface area contributed by atoms with E-state index in [-0.39, 0.29) is 0 Å². The molecule has 1 rings (SSSR count). The molecule has 3 N–H and O–H groups in total. The molecular formula is C10H22N2. The van der Waals surface area contributed by atoms with Gasteiger partial charge in [-0.25, -0.2) is 0 Å². The average molecular weight is 170 g/mol. The van der Waals surface area contributed by atoms with Crippen molar-refractivity contribution >= 4 is 0 Å². The van der Waals surface area contributed by atoms with Crippen LogP contribution >= 0.6 is 0 Å². The summed E-state index contributed by atoms with van der Waals surface area (Å²) in [6.07, 6.45) is 3.73. The zero-order valence-corrected chi connectivity index (χ0v) is 8.34. The standard InChI is InChI=1S/C10H22N2/c1-8(2)7-10(11)9-3-5-12-6-4-9/h8-10,12H,3-7,11H2,1-2H3. The van der Waals surface area contributed by atoms with Gasteiger partial charge in [0, 0.05) is 6.04 Å². The van der Waals surface area contributed by atoms with Crippen molar-refractivity contribution in [2.75, 3.05) is 13.1 Å². The van der Waals surface area contributed by atoms with Gasteiger partial charge in [0.1, 0.15) is 0 Å². The predicted octanol–water partition coefficient (Wildman–Crippen LogP) is 1.36. The Balaban J connectivity index is 2.24. The van der Waals surface area contributed by atoms with Crippen molar-refractivity contribution in [3.63, 3.8) is 0 Å². The highest BCUT2D eigenvalue weighted by atomic mass is 14.9. The SMILES string of the molecule is CC(C)CC(N)C1CCNCC1. The van der Waals surface area contributed by atoms with Gasteiger partial charge >= 0.3 is 0 Å². The minimum Gasteiger partial charge on any atom is -0.327 e. The molecule has 12 heavy (non-hydrogen) atoms. The maximum absolute atomic E-state index is 6.12. The van der Waals surface area contributed by atoms with Crippen molar-refractivity contribution in [1.29, 1.82) is 0 Å². The summed E-state index contributed by atoms with van der Waals surface area (Å²) in [5, 5.41) is 3.37. The molecular weight excluding hydrogens is 148 g/mol. The molecule has 1 saturated heterocycles. The van der Waals surface area contributed by atoms with Crippen LogP contribution in [0.1, 0.15) is 33.1 Å². The van der Waals surface area contributed by atoms with Crippen LogP contribution in [0.4, 0.5) is 0 Å². The van der Waals surface area contributed by atoms with Gasteiger partial charge < -0.3 is 11.1 Å². The van der Waals surface area contributed by atoms with Crippen LogP contribution in [0.5, 0.6) is 0 Å². The van der Waals surface area contributed by atoms with E-state index in [0.29, 0.717) is 6.04 Å². The topological polar surface area (TPSA) is 38.0 Å². The van der Waals surface area contributed by atoms with Gasteiger partial charge in [-0.2, -0.15) is 0 Å². The zero-order valence-electron chi connectivity index (χ0n) is 8.34. The summed E-state index contributed by atoms with van der Waals surface area (Å²) in [7, 11) is 0. The molecule has 1 atom stereocenters. The smallest absolute Gasteiger partial charge is 0.00705 e. The van der Waals surface area contributed by atoms with Crippen LogP contribution in [0.3, 0.4) is 0 Å². The molecule has 0 aliphatic carbocycles. The molecule has 1 fully saturated rings. The number of nitrogens with one attached hydrogen (secondary N) is 1. The Morgan fingerprint density at radius 1 is 1.33 bits per heavy atom. The van der Waals surface area contributed by atoms with Crippen molar-refractivity contribution in [2.24, 2.45) is 17.6 Å². The van der Waals surface area contributed by atoms with E-state index in [2.05, 4.69) is 19.2 Å². The highest BCUT2D eigenvalue weighted by Crippen LogP contribution is 2.19. The fourth-order valence-electron chi connectivity index (χ4n) is 2.01. The fourth-order valence-corrected chi connectivity index (χ4v) is 2.01. The lowest BCUT2D eigenvalue weighted by Crippen LogP contribution is -2.39. The van der Waals surface area contributed by atoms with Crippen molar-refractivity contribution in [2.45, 2.75) is 39.2 Å². The Labute approximate surface area is 75.9 Å². The molecule has 0 aromatic rings. The lowest BCUT2D eigenvalue weighted by molar-refractivity contribution is 0.289. The molecule has 1 unspecified atom stereocenters. The maximum atomic E-state index is 6.12. The van der Waals surface area contributed by atoms with Gasteiger partial charge in [-0.05, 0) is 44.2 Å². The molecule has 0 saturated carbocycles. The van der Waals surface area contributed by atoms with Gasteiger partial charge in [-0.1, -0.05) is 13.8 Å². The van der Waals surface area contributed by atoms with Gasteiger partial charge in [0.05, 0.1) is 0 Å². The Morgan fingerprint density at radius 3 is 2.42 bits per heavy atom. The van der Waals surface area contributed by atoms with E-state index in [4.69, 9.17) is 5.73 Å². The third-order valence-corrected chi connectivity index (χ3v) is 2.73. The van der Waals surface area contributed by atoms with Crippen LogP contribution in [0.2, 0.25) is 0 Å². The van der Waals surface area contributed by atoms with Crippen LogP contribution in [0, 0.1) is 11.8 Å². The van der Waals surface area contributed by atoms with Gasteiger partial charge in [0.25, 0.3) is 0 Å². The van der Waals surface area contributed by atoms with Gasteiger partial charge in [-0.15, -0.1) is 0 Å². The largest absolute Gasteiger partial charge is 0.327 e. The second-order valence-corrected chi connectivity index (χ2v) is 4.38. The summed E-state index contributed by atoms with van der Waals surface area (Å²) in [5.41, 5.74) is 6.12. The third kappa shape index (κ3) is 3.11. The Hall–Kier alpha value is -0.0800. The molecule has 0 bridgehead atoms. The molecule has 1 heterocycles. The summed E-state index contributed by atoms with van der Waals surface area (Å²) in [6.45, 7) is 6.83. The number of rotatable bonds is 3. The second-order valence-electron chi connectivity index (χ2n) is 4.38. The molecule has 0 aromatic carbocycles. The minimum atomic E-state index is 0.437. The molecule has 72 valence electrons. The number of piperidine rings is 1. The summed E-state index contributed by atoms with van der Waals surface area (Å²) in [5.74, 6) is 1.52. The normalized spacial score (nSPS) is 23.0. The lowest BCUT2D eigenvalue weighted by atomic mass is 9.86. The van der Waals surface area contributed by atoms with E-state index in [0.717, 1.165) is 24.9 Å². The fraction of sp³-hybridized carbons (Fsp3) is 1.00. The molecule has 0 amide bonds. The van der Waals surface area contributed by atoms with E-state index < -0.39 is 0 Å². The first kappa shape index (κ1) is 10.0. The van der Waals surface area contributed by atoms with Crippen molar-refractivity contribution < 1.29 is 0 Å². The predicted molar refractivity (Wildman–Crippen MR) is 53.0 cm³/mol. The molecule has 2 heteroatoms. The quantitative estimate of drug-likeness (QED) is 0.671. The van der Waals surface area contributed by atoms with Crippen molar-refractivity contribution in [3.05, 3.63) is 0 Å². The maximum Gasteiger partial charge on any atom is 0.00705 e. The van der Waals surface area contributed by atoms with Gasteiger partial charge in [-0.3, -0.25) is 0 Å². The van der Waals surface area contributed by atoms with Crippen LogP contribution in [-0.4, -0.2) is 19.1 Å². The highest BCUT2D eigenvalue weighted by molar-refractivity contribution is 4.78. The molecule has 0 aromatic heterocycles. The Morgan fingerprint density at radius 2 is 1.92 bits per heavy atom. The van der Waals surface area contributed by atoms with E-state index >= 15 is 0 Å². The Kier molecular flexibility index (Phi) is 4.02. The van der Waals surface area contributed by atoms with E-state index in [1.165, 1.54) is 19.3 Å². The summed E-state index contributed by atoms with van der Waals surface area (Å²) in [6, 6.07) is 0.437. The summed E-state index contributed by atoms with van der Waals surface area (Å²) >= 11 is 0. The molecule has 2 nitrogen and oxygen atoms in total. The summed E-state index contributed by atoms with van der Waals surface area (Å²) in [4.78, 5) is 0. The number of hydrogen-bond donors (Lipinski definition) is 2. The third-order valence-electron chi connectivity index (χ3n) is 2.73. The number of nitrogens with two attached hydrogens (primary N) is 1. The van der Waals surface area contributed by atoms with Crippen molar-refractivity contribution in [1.82, 2.24) is 5.32 Å². The minimum absolute atomic E-state index is 0.437. The van der Waals surface area contributed by atoms with Crippen molar-refractivity contribution in [3.8, 4) is 0 Å². The molecule has 1 aliphatic heterocycles. The molecule has 1 aliphatic rings. The molecule has 0 radical (unpaired) electrons. The monoisotopic (exact) mass is 170 g/mol. The molecule has 0 spiro atoms. The van der Waals surface area contributed by atoms with E-state index in [1.54, 1.807) is 0 Å². The van der Waals surface area contributed by atoms with E-state index in [9.17, 15) is 0 Å². The van der Waals surface area contributed by atoms with Gasteiger partial charge in [0.2, 0.25) is 0 Å². The second kappa shape index (κ2) is 4.83.